The van der Waals surface area contributed by atoms with Crippen molar-refractivity contribution in [3.8, 4) is 0 Å². The fourth-order valence-corrected chi connectivity index (χ4v) is 4.35. The van der Waals surface area contributed by atoms with Gasteiger partial charge in [0, 0.05) is 6.42 Å². The Hall–Kier alpha value is -0.860. The molecule has 0 aromatic carbocycles. The average Bonchev–Trinajstić information content (AvgIpc) is 2.79. The van der Waals surface area contributed by atoms with Crippen molar-refractivity contribution in [1.29, 1.82) is 0 Å². The Labute approximate surface area is 200 Å². The number of hydrogen-bond acceptors (Lipinski definition) is 3. The van der Waals surface area contributed by atoms with Gasteiger partial charge >= 0.3 is 11.9 Å². The third-order valence-corrected chi connectivity index (χ3v) is 6.59. The van der Waals surface area contributed by atoms with Crippen LogP contribution in [0.25, 0.3) is 0 Å². The van der Waals surface area contributed by atoms with Gasteiger partial charge in [0.25, 0.3) is 0 Å². The number of unbranched alkanes of at least 4 members (excludes halogenated alkanes) is 17. The van der Waals surface area contributed by atoms with E-state index in [0.717, 1.165) is 38.5 Å². The molecule has 0 aromatic heterocycles. The number of carbonyl (C=O) groups is 2. The molecular weight excluding hydrogens is 396 g/mol. The summed E-state index contributed by atoms with van der Waals surface area (Å²) in [7, 11) is 0. The number of rotatable bonds is 24. The topological polar surface area (TPSA) is 43.4 Å². The highest BCUT2D eigenvalue weighted by Gasteiger charge is 2.22. The highest BCUT2D eigenvalue weighted by atomic mass is 16.6. The van der Waals surface area contributed by atoms with Crippen LogP contribution in [0.4, 0.5) is 0 Å². The molecule has 0 radical (unpaired) electrons. The second-order valence-corrected chi connectivity index (χ2v) is 9.83. The molecule has 0 fully saturated rings. The molecule has 0 aliphatic carbocycles. The molecule has 0 bridgehead atoms. The van der Waals surface area contributed by atoms with Gasteiger partial charge in [0.2, 0.25) is 0 Å². The molecule has 3 nitrogen and oxygen atoms in total. The SMILES string of the molecule is CCCCCCCCCCCCC(CCCCCCCCCC)C(=O)OC(=O)CCCC. The van der Waals surface area contributed by atoms with Crippen LogP contribution < -0.4 is 0 Å². The molecule has 0 spiro atoms. The second-order valence-electron chi connectivity index (χ2n) is 9.83. The lowest BCUT2D eigenvalue weighted by Gasteiger charge is -2.15. The summed E-state index contributed by atoms with van der Waals surface area (Å²) in [4.78, 5) is 24.5. The summed E-state index contributed by atoms with van der Waals surface area (Å²) in [6.45, 7) is 6.56. The normalized spacial score (nSPS) is 12.1. The number of ether oxygens (including phenoxy) is 1. The van der Waals surface area contributed by atoms with E-state index in [1.807, 2.05) is 6.92 Å². The minimum atomic E-state index is -0.333. The first-order valence-corrected chi connectivity index (χ1v) is 14.4. The van der Waals surface area contributed by atoms with Crippen LogP contribution >= 0.6 is 0 Å². The van der Waals surface area contributed by atoms with Crippen molar-refractivity contribution in [2.45, 2.75) is 168 Å². The van der Waals surface area contributed by atoms with Gasteiger partial charge in [-0.1, -0.05) is 143 Å². The third kappa shape index (κ3) is 21.0. The number of esters is 2. The summed E-state index contributed by atoms with van der Waals surface area (Å²) >= 11 is 0. The summed E-state index contributed by atoms with van der Waals surface area (Å²) in [5.74, 6) is -0.680. The van der Waals surface area contributed by atoms with Crippen molar-refractivity contribution in [3.05, 3.63) is 0 Å². The number of hydrogen-bond donors (Lipinski definition) is 0. The maximum absolute atomic E-state index is 12.6. The third-order valence-electron chi connectivity index (χ3n) is 6.59. The van der Waals surface area contributed by atoms with Crippen LogP contribution in [-0.2, 0) is 14.3 Å². The summed E-state index contributed by atoms with van der Waals surface area (Å²) in [6.07, 6.45) is 27.1. The Balaban J connectivity index is 4.10. The van der Waals surface area contributed by atoms with Gasteiger partial charge in [0.1, 0.15) is 0 Å². The van der Waals surface area contributed by atoms with Crippen LogP contribution in [0.5, 0.6) is 0 Å². The molecule has 0 saturated heterocycles. The minimum absolute atomic E-state index is 0.0882. The second kappa shape index (κ2) is 24.8. The first-order chi connectivity index (χ1) is 15.7. The summed E-state index contributed by atoms with van der Waals surface area (Å²) in [5, 5.41) is 0. The summed E-state index contributed by atoms with van der Waals surface area (Å²) < 4.78 is 5.20. The standard InChI is InChI=1S/C29H56O3/c1-4-7-10-12-14-16-17-19-21-23-25-27(29(31)32-28(30)26-9-6-3)24-22-20-18-15-13-11-8-5-2/h27H,4-26H2,1-3H3. The van der Waals surface area contributed by atoms with Gasteiger partial charge in [0.15, 0.2) is 0 Å². The molecular formula is C29H56O3. The molecule has 0 heterocycles. The smallest absolute Gasteiger partial charge is 0.316 e. The Kier molecular flexibility index (Phi) is 24.1. The fourth-order valence-electron chi connectivity index (χ4n) is 4.35. The molecule has 0 N–H and O–H groups in total. The Morgan fingerprint density at radius 1 is 0.500 bits per heavy atom. The van der Waals surface area contributed by atoms with Crippen LogP contribution in [0, 0.1) is 5.92 Å². The Morgan fingerprint density at radius 3 is 1.22 bits per heavy atom. The first kappa shape index (κ1) is 31.1. The maximum Gasteiger partial charge on any atom is 0.316 e. The zero-order valence-corrected chi connectivity index (χ0v) is 22.1. The van der Waals surface area contributed by atoms with Crippen LogP contribution in [0.15, 0.2) is 0 Å². The Bertz CT molecular complexity index is 419. The van der Waals surface area contributed by atoms with Gasteiger partial charge < -0.3 is 4.74 Å². The largest absolute Gasteiger partial charge is 0.393 e. The van der Waals surface area contributed by atoms with Gasteiger partial charge in [-0.15, -0.1) is 0 Å². The molecule has 0 saturated carbocycles. The fraction of sp³-hybridized carbons (Fsp3) is 0.931. The van der Waals surface area contributed by atoms with E-state index in [2.05, 4.69) is 13.8 Å². The monoisotopic (exact) mass is 452 g/mol. The van der Waals surface area contributed by atoms with E-state index in [1.54, 1.807) is 0 Å². The van der Waals surface area contributed by atoms with E-state index in [-0.39, 0.29) is 17.9 Å². The highest BCUT2D eigenvalue weighted by Crippen LogP contribution is 2.21. The molecule has 3 heteroatoms. The van der Waals surface area contributed by atoms with E-state index in [4.69, 9.17) is 4.74 Å². The quantitative estimate of drug-likeness (QED) is 0.0831. The van der Waals surface area contributed by atoms with Crippen LogP contribution in [0.2, 0.25) is 0 Å². The highest BCUT2D eigenvalue weighted by molar-refractivity contribution is 5.86. The molecule has 190 valence electrons. The van der Waals surface area contributed by atoms with Gasteiger partial charge in [0.05, 0.1) is 5.92 Å². The van der Waals surface area contributed by atoms with Gasteiger partial charge in [-0.05, 0) is 19.3 Å². The lowest BCUT2D eigenvalue weighted by Crippen LogP contribution is -2.21. The van der Waals surface area contributed by atoms with Crippen molar-refractivity contribution >= 4 is 11.9 Å². The van der Waals surface area contributed by atoms with Crippen molar-refractivity contribution < 1.29 is 14.3 Å². The maximum atomic E-state index is 12.6. The molecule has 0 aliphatic rings. The molecule has 32 heavy (non-hydrogen) atoms. The average molecular weight is 453 g/mol. The van der Waals surface area contributed by atoms with Crippen molar-refractivity contribution in [2.75, 3.05) is 0 Å². The van der Waals surface area contributed by atoms with E-state index in [0.29, 0.717) is 6.42 Å². The van der Waals surface area contributed by atoms with Crippen LogP contribution in [0.1, 0.15) is 168 Å². The lowest BCUT2D eigenvalue weighted by atomic mass is 9.94. The van der Waals surface area contributed by atoms with Crippen LogP contribution in [-0.4, -0.2) is 11.9 Å². The van der Waals surface area contributed by atoms with E-state index in [9.17, 15) is 9.59 Å². The van der Waals surface area contributed by atoms with Crippen molar-refractivity contribution in [2.24, 2.45) is 5.92 Å². The summed E-state index contributed by atoms with van der Waals surface area (Å²) in [6, 6.07) is 0. The van der Waals surface area contributed by atoms with Crippen molar-refractivity contribution in [3.63, 3.8) is 0 Å². The van der Waals surface area contributed by atoms with Gasteiger partial charge in [-0.25, -0.2) is 0 Å². The molecule has 1 unspecified atom stereocenters. The van der Waals surface area contributed by atoms with E-state index in [1.165, 1.54) is 103 Å². The van der Waals surface area contributed by atoms with Crippen molar-refractivity contribution in [1.82, 2.24) is 0 Å². The van der Waals surface area contributed by atoms with Gasteiger partial charge in [-0.3, -0.25) is 9.59 Å². The lowest BCUT2D eigenvalue weighted by molar-refractivity contribution is -0.163. The van der Waals surface area contributed by atoms with E-state index < -0.39 is 0 Å². The molecule has 0 aromatic rings. The van der Waals surface area contributed by atoms with Gasteiger partial charge in [-0.2, -0.15) is 0 Å². The zero-order chi connectivity index (χ0) is 23.7. The molecule has 0 rings (SSSR count). The zero-order valence-electron chi connectivity index (χ0n) is 22.1. The molecule has 0 amide bonds. The molecule has 1 atom stereocenters. The number of carbonyl (C=O) groups excluding carboxylic acids is 2. The Morgan fingerprint density at radius 2 is 0.844 bits per heavy atom. The first-order valence-electron chi connectivity index (χ1n) is 14.4. The molecule has 0 aliphatic heterocycles. The van der Waals surface area contributed by atoms with Crippen LogP contribution in [0.3, 0.4) is 0 Å². The minimum Gasteiger partial charge on any atom is -0.393 e. The predicted octanol–water partition coefficient (Wildman–Crippen LogP) is 9.70. The van der Waals surface area contributed by atoms with E-state index >= 15 is 0 Å². The predicted molar refractivity (Wildman–Crippen MR) is 138 cm³/mol. The summed E-state index contributed by atoms with van der Waals surface area (Å²) in [5.41, 5.74) is 0.